The molecule has 2 aromatic rings. The van der Waals surface area contributed by atoms with E-state index in [1.807, 2.05) is 24.3 Å². The van der Waals surface area contributed by atoms with Crippen LogP contribution < -0.4 is 5.32 Å². The molecule has 0 aromatic heterocycles. The number of nitro benzene ring substituents is 1. The van der Waals surface area contributed by atoms with E-state index < -0.39 is 0 Å². The molecule has 2 aromatic carbocycles. The van der Waals surface area contributed by atoms with Crippen molar-refractivity contribution in [3.8, 4) is 0 Å². The summed E-state index contributed by atoms with van der Waals surface area (Å²) in [5, 5.41) is 14.2. The summed E-state index contributed by atoms with van der Waals surface area (Å²) < 4.78 is 1.95. The molecule has 0 radical (unpaired) electrons. The van der Waals surface area contributed by atoms with E-state index in [2.05, 4.69) is 37.2 Å². The molecule has 0 heterocycles. The van der Waals surface area contributed by atoms with Crippen molar-refractivity contribution in [1.29, 1.82) is 0 Å². The Balaban J connectivity index is 2.01. The lowest BCUT2D eigenvalue weighted by Gasteiger charge is -2.09. The molecule has 0 fully saturated rings. The van der Waals surface area contributed by atoms with E-state index in [1.165, 1.54) is 6.07 Å². The van der Waals surface area contributed by atoms with E-state index in [9.17, 15) is 10.1 Å². The Morgan fingerprint density at radius 1 is 1.15 bits per heavy atom. The molecule has 0 aliphatic carbocycles. The van der Waals surface area contributed by atoms with Crippen LogP contribution in [0.25, 0.3) is 0 Å². The number of nitrogens with one attached hydrogen (secondary N) is 1. The molecule has 4 nitrogen and oxygen atoms in total. The third-order valence-corrected chi connectivity index (χ3v) is 3.98. The summed E-state index contributed by atoms with van der Waals surface area (Å²) in [7, 11) is 0. The Morgan fingerprint density at radius 3 is 2.60 bits per heavy atom. The van der Waals surface area contributed by atoms with Crippen LogP contribution in [0.2, 0.25) is 0 Å². The zero-order valence-electron chi connectivity index (χ0n) is 10.5. The van der Waals surface area contributed by atoms with Crippen LogP contribution in [-0.2, 0) is 6.42 Å². The maximum atomic E-state index is 10.9. The van der Waals surface area contributed by atoms with E-state index >= 15 is 0 Å². The minimum Gasteiger partial charge on any atom is -0.384 e. The molecule has 0 aliphatic rings. The summed E-state index contributed by atoms with van der Waals surface area (Å²) in [6.45, 7) is 0.630. The number of nitro groups is 1. The summed E-state index contributed by atoms with van der Waals surface area (Å²) in [5.41, 5.74) is 1.87. The first-order chi connectivity index (χ1) is 9.58. The average Bonchev–Trinajstić information content (AvgIpc) is 2.41. The summed E-state index contributed by atoms with van der Waals surface area (Å²) in [6.07, 6.45) is 0.597. The first kappa shape index (κ1) is 15.0. The van der Waals surface area contributed by atoms with Gasteiger partial charge in [0.25, 0.3) is 5.69 Å². The normalized spacial score (nSPS) is 10.3. The van der Waals surface area contributed by atoms with Crippen molar-refractivity contribution in [2.24, 2.45) is 0 Å². The van der Waals surface area contributed by atoms with Crippen LogP contribution in [0.15, 0.2) is 51.4 Å². The quantitative estimate of drug-likeness (QED) is 0.581. The van der Waals surface area contributed by atoms with Gasteiger partial charge in [0.1, 0.15) is 0 Å². The van der Waals surface area contributed by atoms with Crippen LogP contribution in [-0.4, -0.2) is 11.5 Å². The molecule has 0 atom stereocenters. The smallest absolute Gasteiger partial charge is 0.272 e. The van der Waals surface area contributed by atoms with Crippen LogP contribution >= 0.6 is 31.9 Å². The highest BCUT2D eigenvalue weighted by Gasteiger charge is 2.11. The largest absolute Gasteiger partial charge is 0.384 e. The molecule has 0 saturated carbocycles. The molecule has 0 spiro atoms. The Morgan fingerprint density at radius 2 is 1.90 bits per heavy atom. The lowest BCUT2D eigenvalue weighted by atomic mass is 10.1. The average molecular weight is 400 g/mol. The van der Waals surface area contributed by atoms with Gasteiger partial charge in [0.15, 0.2) is 0 Å². The summed E-state index contributed by atoms with van der Waals surface area (Å²) >= 11 is 6.86. The fourth-order valence-corrected chi connectivity index (χ4v) is 3.05. The maximum Gasteiger partial charge on any atom is 0.272 e. The highest BCUT2D eigenvalue weighted by Crippen LogP contribution is 2.26. The number of anilines is 1. The molecule has 1 N–H and O–H groups in total. The predicted molar refractivity (Wildman–Crippen MR) is 87.1 cm³/mol. The second-order valence-electron chi connectivity index (χ2n) is 4.19. The second kappa shape index (κ2) is 6.85. The number of para-hydroxylation sites is 1. The first-order valence-corrected chi connectivity index (χ1v) is 7.58. The van der Waals surface area contributed by atoms with Crippen LogP contribution in [0.3, 0.4) is 0 Å². The van der Waals surface area contributed by atoms with Crippen molar-refractivity contribution in [2.45, 2.75) is 6.42 Å². The molecular formula is C14H12Br2N2O2. The Labute approximate surface area is 133 Å². The predicted octanol–water partition coefficient (Wildman–Crippen LogP) is 4.77. The fraction of sp³-hybridized carbons (Fsp3) is 0.143. The van der Waals surface area contributed by atoms with Crippen LogP contribution in [0, 0.1) is 10.1 Å². The van der Waals surface area contributed by atoms with Crippen molar-refractivity contribution in [3.63, 3.8) is 0 Å². The van der Waals surface area contributed by atoms with Gasteiger partial charge in [-0.25, -0.2) is 0 Å². The molecule has 20 heavy (non-hydrogen) atoms. The topological polar surface area (TPSA) is 55.2 Å². The van der Waals surface area contributed by atoms with Crippen molar-refractivity contribution >= 4 is 43.2 Å². The van der Waals surface area contributed by atoms with Crippen LogP contribution in [0.4, 0.5) is 11.4 Å². The van der Waals surface area contributed by atoms with Gasteiger partial charge < -0.3 is 5.32 Å². The minimum absolute atomic E-state index is 0.171. The zero-order valence-corrected chi connectivity index (χ0v) is 13.6. The van der Waals surface area contributed by atoms with E-state index in [-0.39, 0.29) is 10.6 Å². The lowest BCUT2D eigenvalue weighted by molar-refractivity contribution is -0.385. The first-order valence-electron chi connectivity index (χ1n) is 5.99. The minimum atomic E-state index is -0.342. The van der Waals surface area contributed by atoms with Gasteiger partial charge in [-0.15, -0.1) is 0 Å². The van der Waals surface area contributed by atoms with Crippen LogP contribution in [0.1, 0.15) is 5.56 Å². The lowest BCUT2D eigenvalue weighted by Crippen LogP contribution is -2.07. The van der Waals surface area contributed by atoms with Gasteiger partial charge in [-0.2, -0.15) is 0 Å². The molecule has 0 saturated heterocycles. The summed E-state index contributed by atoms with van der Waals surface area (Å²) in [4.78, 5) is 10.6. The van der Waals surface area contributed by atoms with Gasteiger partial charge >= 0.3 is 0 Å². The number of halogens is 2. The number of nitrogens with zero attached hydrogens (tertiary/aromatic N) is 1. The molecule has 6 heteroatoms. The molecule has 0 bridgehead atoms. The molecular weight excluding hydrogens is 388 g/mol. The third-order valence-electron chi connectivity index (χ3n) is 2.83. The van der Waals surface area contributed by atoms with Crippen molar-refractivity contribution < 1.29 is 4.92 Å². The van der Waals surface area contributed by atoms with Gasteiger partial charge in [-0.05, 0) is 40.5 Å². The molecule has 0 unspecified atom stereocenters. The molecule has 2 rings (SSSR count). The maximum absolute atomic E-state index is 10.9. The summed E-state index contributed by atoms with van der Waals surface area (Å²) in [5.74, 6) is 0. The van der Waals surface area contributed by atoms with Gasteiger partial charge in [-0.1, -0.05) is 34.1 Å². The van der Waals surface area contributed by atoms with E-state index in [0.717, 1.165) is 20.2 Å². The molecule has 0 amide bonds. The number of rotatable bonds is 5. The third kappa shape index (κ3) is 3.80. The van der Waals surface area contributed by atoms with Crippen molar-refractivity contribution in [3.05, 3.63) is 67.1 Å². The van der Waals surface area contributed by atoms with Crippen molar-refractivity contribution in [2.75, 3.05) is 11.9 Å². The number of hydrogen-bond donors (Lipinski definition) is 1. The summed E-state index contributed by atoms with van der Waals surface area (Å²) in [6, 6.07) is 12.7. The SMILES string of the molecule is O=[N+]([O-])c1ccccc1CCNc1ccc(Br)cc1Br. The van der Waals surface area contributed by atoms with Gasteiger partial charge in [0.2, 0.25) is 0 Å². The van der Waals surface area contributed by atoms with E-state index in [1.54, 1.807) is 12.1 Å². The highest BCUT2D eigenvalue weighted by atomic mass is 79.9. The fourth-order valence-electron chi connectivity index (χ4n) is 1.87. The Bertz CT molecular complexity index is 632. The zero-order chi connectivity index (χ0) is 14.5. The second-order valence-corrected chi connectivity index (χ2v) is 5.96. The molecule has 104 valence electrons. The van der Waals surface area contributed by atoms with Gasteiger partial charge in [0, 0.05) is 32.8 Å². The Hall–Kier alpha value is -1.40. The van der Waals surface area contributed by atoms with Gasteiger partial charge in [0.05, 0.1) is 4.92 Å². The van der Waals surface area contributed by atoms with Crippen LogP contribution in [0.5, 0.6) is 0 Å². The Kier molecular flexibility index (Phi) is 5.14. The van der Waals surface area contributed by atoms with Crippen molar-refractivity contribution in [1.82, 2.24) is 0 Å². The number of benzene rings is 2. The standard InChI is InChI=1S/C14H12Br2N2O2/c15-11-5-6-13(12(16)9-11)17-8-7-10-3-1-2-4-14(10)18(19)20/h1-6,9,17H,7-8H2. The van der Waals surface area contributed by atoms with Gasteiger partial charge in [-0.3, -0.25) is 10.1 Å². The molecule has 0 aliphatic heterocycles. The van der Waals surface area contributed by atoms with E-state index in [4.69, 9.17) is 0 Å². The highest BCUT2D eigenvalue weighted by molar-refractivity contribution is 9.11. The van der Waals surface area contributed by atoms with E-state index in [0.29, 0.717) is 13.0 Å². The number of hydrogen-bond acceptors (Lipinski definition) is 3. The monoisotopic (exact) mass is 398 g/mol.